The molecule has 0 aromatic heterocycles. The van der Waals surface area contributed by atoms with E-state index in [0.717, 1.165) is 10.6 Å². The molecule has 160 valence electrons. The van der Waals surface area contributed by atoms with Gasteiger partial charge in [-0.15, -0.1) is 11.8 Å². The molecule has 0 radical (unpaired) electrons. The van der Waals surface area contributed by atoms with Gasteiger partial charge in [-0.2, -0.15) is 0 Å². The quantitative estimate of drug-likeness (QED) is 0.618. The van der Waals surface area contributed by atoms with Crippen LogP contribution in [0.25, 0.3) is 0 Å². The van der Waals surface area contributed by atoms with Gasteiger partial charge in [0.15, 0.2) is 0 Å². The molecule has 0 bridgehead atoms. The molecule has 1 aromatic carbocycles. The van der Waals surface area contributed by atoms with Crippen molar-refractivity contribution in [2.75, 3.05) is 18.6 Å². The van der Waals surface area contributed by atoms with Gasteiger partial charge in [-0.25, -0.2) is 0 Å². The van der Waals surface area contributed by atoms with E-state index in [9.17, 15) is 19.5 Å². The third kappa shape index (κ3) is 6.29. The van der Waals surface area contributed by atoms with Gasteiger partial charge in [-0.05, 0) is 30.9 Å². The fourth-order valence-corrected chi connectivity index (χ4v) is 4.70. The van der Waals surface area contributed by atoms with E-state index in [1.165, 1.54) is 25.8 Å². The first-order chi connectivity index (χ1) is 13.5. The molecule has 0 spiro atoms. The minimum atomic E-state index is -0.933. The zero-order valence-electron chi connectivity index (χ0n) is 17.4. The summed E-state index contributed by atoms with van der Waals surface area (Å²) in [5.74, 6) is -0.612. The number of nitrogens with zero attached hydrogens (tertiary/aromatic N) is 1. The lowest BCUT2D eigenvalue weighted by Gasteiger charge is -2.36. The molecule has 0 saturated heterocycles. The molecule has 1 unspecified atom stereocenters. The molecule has 1 heterocycles. The van der Waals surface area contributed by atoms with Gasteiger partial charge in [0.25, 0.3) is 0 Å². The summed E-state index contributed by atoms with van der Waals surface area (Å²) < 4.78 is 4.87. The Labute approximate surface area is 176 Å². The molecule has 29 heavy (non-hydrogen) atoms. The predicted octanol–water partition coefficient (Wildman–Crippen LogP) is 2.14. The van der Waals surface area contributed by atoms with Gasteiger partial charge >= 0.3 is 5.97 Å². The number of amides is 1. The number of aliphatic hydroxyl groups excluding tert-OH is 1. The van der Waals surface area contributed by atoms with E-state index in [2.05, 4.69) is 0 Å². The number of esters is 1. The Morgan fingerprint density at radius 1 is 1.34 bits per heavy atom. The van der Waals surface area contributed by atoms with E-state index in [1.54, 1.807) is 4.90 Å². The van der Waals surface area contributed by atoms with Crippen molar-refractivity contribution in [3.05, 3.63) is 24.3 Å². The average molecular weight is 423 g/mol. The number of ketones is 1. The number of hydrogen-bond acceptors (Lipinski definition) is 7. The normalized spacial score (nSPS) is 18.6. The second kappa shape index (κ2) is 9.73. The van der Waals surface area contributed by atoms with Crippen LogP contribution in [0.15, 0.2) is 29.2 Å². The summed E-state index contributed by atoms with van der Waals surface area (Å²) >= 11 is 1.40. The molecule has 8 heteroatoms. The highest BCUT2D eigenvalue weighted by molar-refractivity contribution is 8.00. The van der Waals surface area contributed by atoms with Crippen molar-refractivity contribution >= 4 is 35.1 Å². The van der Waals surface area contributed by atoms with Crippen LogP contribution in [-0.4, -0.2) is 53.8 Å². The monoisotopic (exact) mass is 422 g/mol. The maximum Gasteiger partial charge on any atom is 0.321 e. The molecule has 3 atom stereocenters. The van der Waals surface area contributed by atoms with Gasteiger partial charge in [0, 0.05) is 30.3 Å². The number of nitrogens with two attached hydrogens (primary N) is 1. The predicted molar refractivity (Wildman–Crippen MR) is 113 cm³/mol. The number of para-hydroxylation sites is 1. The Balaban J connectivity index is 2.13. The van der Waals surface area contributed by atoms with Gasteiger partial charge in [-0.3, -0.25) is 14.4 Å². The molecule has 7 nitrogen and oxygen atoms in total. The lowest BCUT2D eigenvalue weighted by Crippen LogP contribution is -2.45. The summed E-state index contributed by atoms with van der Waals surface area (Å²) in [6.07, 6.45) is -0.348. The maximum absolute atomic E-state index is 13.2. The van der Waals surface area contributed by atoms with Crippen LogP contribution in [0, 0.1) is 5.41 Å². The van der Waals surface area contributed by atoms with Crippen LogP contribution in [0.1, 0.15) is 40.0 Å². The second-order valence-electron chi connectivity index (χ2n) is 8.28. The number of hydrogen-bond donors (Lipinski definition) is 2. The molecule has 0 saturated carbocycles. The largest absolute Gasteiger partial charge is 0.468 e. The zero-order valence-corrected chi connectivity index (χ0v) is 18.2. The number of thioether (sulfide) groups is 1. The Morgan fingerprint density at radius 2 is 2.00 bits per heavy atom. The molecule has 1 aliphatic heterocycles. The first-order valence-electron chi connectivity index (χ1n) is 9.61. The first-order valence-corrected chi connectivity index (χ1v) is 10.5. The lowest BCUT2D eigenvalue weighted by molar-refractivity contribution is -0.139. The van der Waals surface area contributed by atoms with E-state index in [1.807, 2.05) is 38.1 Å². The van der Waals surface area contributed by atoms with Crippen molar-refractivity contribution in [3.63, 3.8) is 0 Å². The summed E-state index contributed by atoms with van der Waals surface area (Å²) in [4.78, 5) is 39.0. The fourth-order valence-electron chi connectivity index (χ4n) is 3.52. The SMILES string of the molecule is COC(=O)C1CN(C(=O)CC(C)(C)C[C@H](N)[C@@H](O)CC(C)=O)c2ccccc2S1. The Bertz CT molecular complexity index is 767. The summed E-state index contributed by atoms with van der Waals surface area (Å²) in [5.41, 5.74) is 6.36. The van der Waals surface area contributed by atoms with Gasteiger partial charge in [-0.1, -0.05) is 26.0 Å². The Hall–Kier alpha value is -1.90. The van der Waals surface area contributed by atoms with Crippen molar-refractivity contribution < 1.29 is 24.2 Å². The smallest absolute Gasteiger partial charge is 0.321 e. The fraction of sp³-hybridized carbons (Fsp3) is 0.571. The summed E-state index contributed by atoms with van der Waals surface area (Å²) in [7, 11) is 1.34. The van der Waals surface area contributed by atoms with Crippen LogP contribution < -0.4 is 10.6 Å². The van der Waals surface area contributed by atoms with Crippen LogP contribution >= 0.6 is 11.8 Å². The van der Waals surface area contributed by atoms with E-state index < -0.39 is 22.8 Å². The standard InChI is InChI=1S/C21H30N2O5S/c1-13(24)9-16(25)14(22)10-21(2,3)11-19(26)23-12-18(20(27)28-4)29-17-8-6-5-7-15(17)23/h5-8,14,16,18,25H,9-12,22H2,1-4H3/t14-,16-,18?/m0/s1. The summed E-state index contributed by atoms with van der Waals surface area (Å²) in [5, 5.41) is 9.61. The highest BCUT2D eigenvalue weighted by Crippen LogP contribution is 2.40. The topological polar surface area (TPSA) is 110 Å². The molecular weight excluding hydrogens is 392 g/mol. The average Bonchev–Trinajstić information content (AvgIpc) is 2.64. The van der Waals surface area contributed by atoms with Crippen molar-refractivity contribution in [2.24, 2.45) is 11.1 Å². The van der Waals surface area contributed by atoms with Crippen molar-refractivity contribution in [1.29, 1.82) is 0 Å². The maximum atomic E-state index is 13.2. The lowest BCUT2D eigenvalue weighted by atomic mass is 9.80. The molecular formula is C21H30N2O5S. The van der Waals surface area contributed by atoms with Crippen molar-refractivity contribution in [2.45, 2.75) is 62.3 Å². The molecule has 1 amide bonds. The van der Waals surface area contributed by atoms with Crippen molar-refractivity contribution in [3.8, 4) is 0 Å². The molecule has 1 aliphatic rings. The van der Waals surface area contributed by atoms with E-state index >= 15 is 0 Å². The molecule has 0 aliphatic carbocycles. The number of Topliss-reactive ketones (excluding diaryl/α,β-unsaturated/α-hetero) is 1. The zero-order chi connectivity index (χ0) is 21.8. The summed E-state index contributed by atoms with van der Waals surface area (Å²) in [6, 6.07) is 6.87. The molecule has 0 fully saturated rings. The third-order valence-corrected chi connectivity index (χ3v) is 6.17. The van der Waals surface area contributed by atoms with Gasteiger partial charge in [0.1, 0.15) is 11.0 Å². The molecule has 1 aromatic rings. The van der Waals surface area contributed by atoms with E-state index in [0.29, 0.717) is 6.42 Å². The van der Waals surface area contributed by atoms with E-state index in [-0.39, 0.29) is 37.0 Å². The number of ether oxygens (including phenoxy) is 1. The second-order valence-corrected chi connectivity index (χ2v) is 9.53. The van der Waals surface area contributed by atoms with Crippen LogP contribution in [0.3, 0.4) is 0 Å². The van der Waals surface area contributed by atoms with Crippen molar-refractivity contribution in [1.82, 2.24) is 0 Å². The number of aliphatic hydroxyl groups is 1. The molecule has 3 N–H and O–H groups in total. The minimum Gasteiger partial charge on any atom is -0.468 e. The highest BCUT2D eigenvalue weighted by Gasteiger charge is 2.36. The van der Waals surface area contributed by atoms with Gasteiger partial charge < -0.3 is 20.5 Å². The van der Waals surface area contributed by atoms with Gasteiger partial charge in [0.05, 0.1) is 18.9 Å². The number of fused-ring (bicyclic) bond motifs is 1. The molecule has 2 rings (SSSR count). The summed E-state index contributed by atoms with van der Waals surface area (Å²) in [6.45, 7) is 5.47. The number of carbonyl (C=O) groups excluding carboxylic acids is 3. The van der Waals surface area contributed by atoms with E-state index in [4.69, 9.17) is 10.5 Å². The van der Waals surface area contributed by atoms with Gasteiger partial charge in [0.2, 0.25) is 5.91 Å². The highest BCUT2D eigenvalue weighted by atomic mass is 32.2. The van der Waals surface area contributed by atoms with Crippen LogP contribution in [0.5, 0.6) is 0 Å². The van der Waals surface area contributed by atoms with Crippen LogP contribution in [0.2, 0.25) is 0 Å². The minimum absolute atomic E-state index is 0.00270. The third-order valence-electron chi connectivity index (χ3n) is 4.95. The number of rotatable bonds is 8. The first kappa shape index (κ1) is 23.4. The number of methoxy groups -OCH3 is 1. The van der Waals surface area contributed by atoms with Crippen LogP contribution in [-0.2, 0) is 19.1 Å². The number of anilines is 1. The Morgan fingerprint density at radius 3 is 2.62 bits per heavy atom. The number of benzene rings is 1. The Kier molecular flexibility index (Phi) is 7.85. The van der Waals surface area contributed by atoms with Crippen LogP contribution in [0.4, 0.5) is 5.69 Å². The number of carbonyl (C=O) groups is 3.